The second-order valence-corrected chi connectivity index (χ2v) is 7.58. The van der Waals surface area contributed by atoms with Crippen molar-refractivity contribution in [1.82, 2.24) is 0 Å². The molecule has 0 N–H and O–H groups in total. The van der Waals surface area contributed by atoms with Crippen molar-refractivity contribution in [2.45, 2.75) is 30.6 Å². The molecule has 2 aromatic rings. The van der Waals surface area contributed by atoms with Gasteiger partial charge in [-0.1, -0.05) is 6.07 Å². The zero-order valence-corrected chi connectivity index (χ0v) is 15.5. The molecule has 0 heterocycles. The Bertz CT molecular complexity index is 933. The summed E-state index contributed by atoms with van der Waals surface area (Å²) in [6, 6.07) is 9.27. The van der Waals surface area contributed by atoms with Gasteiger partial charge in [0.25, 0.3) is 0 Å². The molecule has 0 radical (unpaired) electrons. The summed E-state index contributed by atoms with van der Waals surface area (Å²) in [5.74, 6) is -0.403. The van der Waals surface area contributed by atoms with Crippen LogP contribution in [0.25, 0.3) is 0 Å². The van der Waals surface area contributed by atoms with E-state index in [0.29, 0.717) is 0 Å². The van der Waals surface area contributed by atoms with Crippen LogP contribution in [0.4, 0.5) is 0 Å². The minimum atomic E-state index is -4.01. The van der Waals surface area contributed by atoms with Crippen molar-refractivity contribution in [3.8, 4) is 11.5 Å². The second-order valence-electron chi connectivity index (χ2n) is 6.03. The average molecular weight is 376 g/mol. The van der Waals surface area contributed by atoms with Crippen molar-refractivity contribution in [3.63, 3.8) is 0 Å². The number of hydrogen-bond acceptors (Lipinski definition) is 6. The van der Waals surface area contributed by atoms with Crippen LogP contribution in [-0.2, 0) is 27.7 Å². The number of esters is 1. The van der Waals surface area contributed by atoms with Crippen LogP contribution in [-0.4, -0.2) is 28.6 Å². The summed E-state index contributed by atoms with van der Waals surface area (Å²) in [4.78, 5) is 11.7. The van der Waals surface area contributed by atoms with E-state index in [1.165, 1.54) is 38.0 Å². The molecular formula is C19H20O6S. The molecule has 0 fully saturated rings. The van der Waals surface area contributed by atoms with E-state index in [1.54, 1.807) is 12.1 Å². The first-order valence-corrected chi connectivity index (χ1v) is 9.68. The van der Waals surface area contributed by atoms with Crippen LogP contribution < -0.4 is 8.92 Å². The van der Waals surface area contributed by atoms with Gasteiger partial charge in [-0.2, -0.15) is 8.42 Å². The van der Waals surface area contributed by atoms with Crippen molar-refractivity contribution in [2.75, 3.05) is 14.2 Å². The van der Waals surface area contributed by atoms with Crippen LogP contribution >= 0.6 is 0 Å². The summed E-state index contributed by atoms with van der Waals surface area (Å²) in [7, 11) is -1.38. The van der Waals surface area contributed by atoms with E-state index < -0.39 is 16.1 Å². The number of rotatable bonds is 5. The fourth-order valence-electron chi connectivity index (χ4n) is 3.01. The predicted molar refractivity (Wildman–Crippen MR) is 95.2 cm³/mol. The standard InChI is InChI=1S/C19H20O6S/c1-23-18-12-15(19(20)24-2)8-10-17(18)25-26(21,22)16-9-7-13-5-3-4-6-14(13)11-16/h7-12H,3-6H2,1-2H3. The lowest BCUT2D eigenvalue weighted by Crippen LogP contribution is -2.13. The maximum absolute atomic E-state index is 12.7. The Balaban J connectivity index is 1.91. The SMILES string of the molecule is COC(=O)c1ccc(OS(=O)(=O)c2ccc3c(c2)CCCC3)c(OC)c1. The van der Waals surface area contributed by atoms with Crippen molar-refractivity contribution < 1.29 is 26.9 Å². The highest BCUT2D eigenvalue weighted by atomic mass is 32.2. The Hall–Kier alpha value is -2.54. The summed E-state index contributed by atoms with van der Waals surface area (Å²) < 4.78 is 40.4. The first kappa shape index (κ1) is 18.3. The molecule has 6 nitrogen and oxygen atoms in total. The molecule has 0 amide bonds. The lowest BCUT2D eigenvalue weighted by molar-refractivity contribution is 0.0600. The van der Waals surface area contributed by atoms with E-state index in [1.807, 2.05) is 6.07 Å². The first-order chi connectivity index (χ1) is 12.4. The highest BCUT2D eigenvalue weighted by Gasteiger charge is 2.22. The number of fused-ring (bicyclic) bond motifs is 1. The Kier molecular flexibility index (Phi) is 5.18. The van der Waals surface area contributed by atoms with Crippen LogP contribution in [0.2, 0.25) is 0 Å². The lowest BCUT2D eigenvalue weighted by atomic mass is 9.92. The van der Waals surface area contributed by atoms with Crippen molar-refractivity contribution in [1.29, 1.82) is 0 Å². The smallest absolute Gasteiger partial charge is 0.339 e. The highest BCUT2D eigenvalue weighted by Crippen LogP contribution is 2.32. The fraction of sp³-hybridized carbons (Fsp3) is 0.316. The van der Waals surface area contributed by atoms with Gasteiger partial charge in [-0.25, -0.2) is 4.79 Å². The predicted octanol–water partition coefficient (Wildman–Crippen LogP) is 3.13. The number of carbonyl (C=O) groups is 1. The normalized spacial score (nSPS) is 13.6. The third kappa shape index (κ3) is 3.67. The molecule has 1 aliphatic rings. The van der Waals surface area contributed by atoms with Crippen LogP contribution in [0.15, 0.2) is 41.3 Å². The molecule has 7 heteroatoms. The van der Waals surface area contributed by atoms with E-state index in [-0.39, 0.29) is 22.0 Å². The molecule has 0 saturated heterocycles. The molecule has 0 spiro atoms. The Labute approximate surface area is 152 Å². The van der Waals surface area contributed by atoms with Gasteiger partial charge in [0.1, 0.15) is 4.90 Å². The monoisotopic (exact) mass is 376 g/mol. The molecule has 0 saturated carbocycles. The van der Waals surface area contributed by atoms with Gasteiger partial charge in [0.05, 0.1) is 19.8 Å². The molecular weight excluding hydrogens is 356 g/mol. The summed E-state index contributed by atoms with van der Waals surface area (Å²) >= 11 is 0. The second kappa shape index (κ2) is 7.37. The third-order valence-corrected chi connectivity index (χ3v) is 5.62. The van der Waals surface area contributed by atoms with Gasteiger partial charge in [0, 0.05) is 0 Å². The van der Waals surface area contributed by atoms with Gasteiger partial charge in [-0.05, 0) is 67.1 Å². The summed E-state index contributed by atoms with van der Waals surface area (Å²) in [5.41, 5.74) is 2.48. The fourth-order valence-corrected chi connectivity index (χ4v) is 4.00. The number of methoxy groups -OCH3 is 2. The van der Waals surface area contributed by atoms with Crippen LogP contribution in [0, 0.1) is 0 Å². The van der Waals surface area contributed by atoms with E-state index in [9.17, 15) is 13.2 Å². The van der Waals surface area contributed by atoms with Crippen molar-refractivity contribution in [2.24, 2.45) is 0 Å². The van der Waals surface area contributed by atoms with Crippen LogP contribution in [0.3, 0.4) is 0 Å². The van der Waals surface area contributed by atoms with Gasteiger partial charge in [-0.3, -0.25) is 0 Å². The lowest BCUT2D eigenvalue weighted by Gasteiger charge is -2.17. The van der Waals surface area contributed by atoms with Gasteiger partial charge in [0.2, 0.25) is 0 Å². The van der Waals surface area contributed by atoms with Crippen molar-refractivity contribution in [3.05, 3.63) is 53.1 Å². The topological polar surface area (TPSA) is 78.9 Å². The Morgan fingerprint density at radius 2 is 1.65 bits per heavy atom. The largest absolute Gasteiger partial charge is 0.493 e. The summed E-state index contributed by atoms with van der Waals surface area (Å²) in [6.45, 7) is 0. The zero-order chi connectivity index (χ0) is 18.7. The summed E-state index contributed by atoms with van der Waals surface area (Å²) in [6.07, 6.45) is 4.02. The molecule has 26 heavy (non-hydrogen) atoms. The maximum Gasteiger partial charge on any atom is 0.339 e. The summed E-state index contributed by atoms with van der Waals surface area (Å²) in [5, 5.41) is 0. The quantitative estimate of drug-likeness (QED) is 0.589. The highest BCUT2D eigenvalue weighted by molar-refractivity contribution is 7.87. The molecule has 0 unspecified atom stereocenters. The number of benzene rings is 2. The third-order valence-electron chi connectivity index (χ3n) is 4.39. The molecule has 0 atom stereocenters. The maximum atomic E-state index is 12.7. The number of ether oxygens (including phenoxy) is 2. The van der Waals surface area contributed by atoms with Gasteiger partial charge < -0.3 is 13.7 Å². The Morgan fingerprint density at radius 3 is 2.35 bits per heavy atom. The average Bonchev–Trinajstić information content (AvgIpc) is 2.67. The van der Waals surface area contributed by atoms with Gasteiger partial charge in [-0.15, -0.1) is 0 Å². The molecule has 0 aromatic heterocycles. The molecule has 2 aromatic carbocycles. The number of carbonyl (C=O) groups excluding carboxylic acids is 1. The minimum Gasteiger partial charge on any atom is -0.493 e. The molecule has 3 rings (SSSR count). The zero-order valence-electron chi connectivity index (χ0n) is 14.7. The van der Waals surface area contributed by atoms with Crippen LogP contribution in [0.1, 0.15) is 34.3 Å². The van der Waals surface area contributed by atoms with Gasteiger partial charge >= 0.3 is 16.1 Å². The molecule has 0 bridgehead atoms. The van der Waals surface area contributed by atoms with E-state index in [0.717, 1.165) is 31.2 Å². The minimum absolute atomic E-state index is 0.0119. The Morgan fingerprint density at radius 1 is 0.923 bits per heavy atom. The van der Waals surface area contributed by atoms with E-state index >= 15 is 0 Å². The molecule has 138 valence electrons. The van der Waals surface area contributed by atoms with E-state index in [4.69, 9.17) is 8.92 Å². The number of aryl methyl sites for hydroxylation is 2. The van der Waals surface area contributed by atoms with Crippen LogP contribution in [0.5, 0.6) is 11.5 Å². The van der Waals surface area contributed by atoms with Gasteiger partial charge in [0.15, 0.2) is 11.5 Å². The number of hydrogen-bond donors (Lipinski definition) is 0. The molecule has 1 aliphatic carbocycles. The first-order valence-electron chi connectivity index (χ1n) is 8.27. The molecule has 0 aliphatic heterocycles. The van der Waals surface area contributed by atoms with Crippen molar-refractivity contribution >= 4 is 16.1 Å². The van der Waals surface area contributed by atoms with E-state index in [2.05, 4.69) is 4.74 Å².